The highest BCUT2D eigenvalue weighted by molar-refractivity contribution is 5.99. The molecule has 1 unspecified atom stereocenters. The molecule has 6 nitrogen and oxygen atoms in total. The Kier molecular flexibility index (Phi) is 5.30. The molecule has 3 N–H and O–H groups in total. The van der Waals surface area contributed by atoms with Crippen molar-refractivity contribution in [2.24, 2.45) is 5.92 Å². The van der Waals surface area contributed by atoms with Gasteiger partial charge in [-0.15, -0.1) is 0 Å². The zero-order chi connectivity index (χ0) is 19.3. The smallest absolute Gasteiger partial charge is 0.247 e. The van der Waals surface area contributed by atoms with Crippen LogP contribution in [0, 0.1) is 5.92 Å². The van der Waals surface area contributed by atoms with Crippen molar-refractivity contribution in [2.45, 2.75) is 6.42 Å². The van der Waals surface area contributed by atoms with Crippen molar-refractivity contribution in [2.75, 3.05) is 30.3 Å². The number of hydrogen-bond acceptors (Lipinski definition) is 5. The van der Waals surface area contributed by atoms with Crippen molar-refractivity contribution in [3.8, 4) is 11.1 Å². The third kappa shape index (κ3) is 4.18. The monoisotopic (exact) mass is 373 g/mol. The Morgan fingerprint density at radius 2 is 2.14 bits per heavy atom. The van der Waals surface area contributed by atoms with E-state index in [2.05, 4.69) is 32.5 Å². The molecular formula is C22H23N5O. The van der Waals surface area contributed by atoms with Crippen LogP contribution in [0.2, 0.25) is 0 Å². The summed E-state index contributed by atoms with van der Waals surface area (Å²) in [4.78, 5) is 20.6. The molecule has 28 heavy (non-hydrogen) atoms. The summed E-state index contributed by atoms with van der Waals surface area (Å²) >= 11 is 0. The molecule has 2 heterocycles. The summed E-state index contributed by atoms with van der Waals surface area (Å²) < 4.78 is 0. The minimum Gasteiger partial charge on any atom is -0.354 e. The zero-order valence-electron chi connectivity index (χ0n) is 15.6. The maximum atomic E-state index is 11.5. The third-order valence-electron chi connectivity index (χ3n) is 4.94. The normalized spacial score (nSPS) is 16.1. The topological polar surface area (TPSA) is 78.9 Å². The maximum Gasteiger partial charge on any atom is 0.247 e. The second-order valence-electron chi connectivity index (χ2n) is 6.98. The summed E-state index contributed by atoms with van der Waals surface area (Å²) in [6, 6.07) is 13.8. The van der Waals surface area contributed by atoms with Crippen LogP contribution in [-0.2, 0) is 4.79 Å². The first-order valence-corrected chi connectivity index (χ1v) is 9.46. The van der Waals surface area contributed by atoms with Gasteiger partial charge in [0.15, 0.2) is 0 Å². The molecule has 1 aliphatic rings. The van der Waals surface area contributed by atoms with Crippen LogP contribution in [0.1, 0.15) is 6.42 Å². The molecule has 6 heteroatoms. The molecule has 1 aromatic heterocycles. The second kappa shape index (κ2) is 8.19. The van der Waals surface area contributed by atoms with Crippen molar-refractivity contribution < 1.29 is 4.79 Å². The minimum absolute atomic E-state index is 0.225. The van der Waals surface area contributed by atoms with E-state index in [-0.39, 0.29) is 5.91 Å². The number of aromatic nitrogens is 2. The molecule has 0 radical (unpaired) electrons. The zero-order valence-corrected chi connectivity index (χ0v) is 15.6. The lowest BCUT2D eigenvalue weighted by Gasteiger charge is -2.11. The average Bonchev–Trinajstić information content (AvgIpc) is 3.25. The summed E-state index contributed by atoms with van der Waals surface area (Å²) in [6.07, 6.45) is 4.29. The number of benzene rings is 2. The van der Waals surface area contributed by atoms with Crippen LogP contribution in [0.15, 0.2) is 61.3 Å². The van der Waals surface area contributed by atoms with Gasteiger partial charge in [0.05, 0.1) is 5.52 Å². The standard InChI is InChI=1S/C22H23N5O/c1-2-21(28)26-19-5-3-4-16(10-19)17-6-7-18-14-25-22(27-20(18)11-17)24-13-15-8-9-23-12-15/h2-7,10-11,14-15,23H,1,8-9,12-13H2,(H,26,28)(H,24,25,27). The highest BCUT2D eigenvalue weighted by atomic mass is 16.1. The molecule has 2 aromatic carbocycles. The lowest BCUT2D eigenvalue weighted by Crippen LogP contribution is -2.18. The fraction of sp³-hybridized carbons (Fsp3) is 0.227. The van der Waals surface area contributed by atoms with Crippen molar-refractivity contribution in [3.05, 3.63) is 61.3 Å². The number of nitrogens with zero attached hydrogens (tertiary/aromatic N) is 2. The number of amides is 1. The second-order valence-corrected chi connectivity index (χ2v) is 6.98. The van der Waals surface area contributed by atoms with Gasteiger partial charge in [-0.3, -0.25) is 4.79 Å². The molecule has 1 fully saturated rings. The lowest BCUT2D eigenvalue weighted by molar-refractivity contribution is -0.111. The summed E-state index contributed by atoms with van der Waals surface area (Å²) in [7, 11) is 0. The predicted molar refractivity (Wildman–Crippen MR) is 113 cm³/mol. The Labute approximate surface area is 164 Å². The van der Waals surface area contributed by atoms with Crippen LogP contribution in [0.5, 0.6) is 0 Å². The number of rotatable bonds is 6. The maximum absolute atomic E-state index is 11.5. The van der Waals surface area contributed by atoms with Crippen LogP contribution in [0.25, 0.3) is 22.0 Å². The third-order valence-corrected chi connectivity index (χ3v) is 4.94. The summed E-state index contributed by atoms with van der Waals surface area (Å²) in [5.74, 6) is 1.05. The Morgan fingerprint density at radius 1 is 1.25 bits per heavy atom. The molecule has 0 bridgehead atoms. The van der Waals surface area contributed by atoms with E-state index in [1.165, 1.54) is 12.5 Å². The van der Waals surface area contributed by atoms with Crippen molar-refractivity contribution in [1.82, 2.24) is 15.3 Å². The van der Waals surface area contributed by atoms with E-state index in [1.54, 1.807) is 0 Å². The molecule has 142 valence electrons. The van der Waals surface area contributed by atoms with E-state index >= 15 is 0 Å². The van der Waals surface area contributed by atoms with Gasteiger partial charge in [-0.1, -0.05) is 30.8 Å². The first kappa shape index (κ1) is 18.1. The molecule has 1 saturated heterocycles. The van der Waals surface area contributed by atoms with E-state index < -0.39 is 0 Å². The number of carbonyl (C=O) groups excluding carboxylic acids is 1. The van der Waals surface area contributed by atoms with Gasteiger partial charge in [0.25, 0.3) is 0 Å². The van der Waals surface area contributed by atoms with Gasteiger partial charge in [-0.25, -0.2) is 9.97 Å². The van der Waals surface area contributed by atoms with Crippen LogP contribution in [0.4, 0.5) is 11.6 Å². The van der Waals surface area contributed by atoms with E-state index in [9.17, 15) is 4.79 Å². The van der Waals surface area contributed by atoms with E-state index in [0.29, 0.717) is 11.9 Å². The van der Waals surface area contributed by atoms with Crippen molar-refractivity contribution >= 4 is 28.4 Å². The van der Waals surface area contributed by atoms with Gasteiger partial charge in [0.1, 0.15) is 0 Å². The van der Waals surface area contributed by atoms with Crippen molar-refractivity contribution in [1.29, 1.82) is 0 Å². The van der Waals surface area contributed by atoms with Gasteiger partial charge in [-0.05, 0) is 60.8 Å². The molecule has 4 rings (SSSR count). The summed E-state index contributed by atoms with van der Waals surface area (Å²) in [5, 5.41) is 10.5. The van der Waals surface area contributed by atoms with Gasteiger partial charge in [0, 0.05) is 23.8 Å². The number of hydrogen-bond donors (Lipinski definition) is 3. The highest BCUT2D eigenvalue weighted by Gasteiger charge is 2.14. The molecular weight excluding hydrogens is 350 g/mol. The van der Waals surface area contributed by atoms with E-state index in [0.717, 1.165) is 47.4 Å². The van der Waals surface area contributed by atoms with Crippen LogP contribution in [0.3, 0.4) is 0 Å². The fourth-order valence-corrected chi connectivity index (χ4v) is 3.38. The van der Waals surface area contributed by atoms with Gasteiger partial charge >= 0.3 is 0 Å². The summed E-state index contributed by atoms with van der Waals surface area (Å²) in [5.41, 5.74) is 3.67. The molecule has 0 aliphatic carbocycles. The molecule has 0 saturated carbocycles. The average molecular weight is 373 g/mol. The first-order chi connectivity index (χ1) is 13.7. The SMILES string of the molecule is C=CC(=O)Nc1cccc(-c2ccc3cnc(NCC4CCNC4)nc3c2)c1. The quantitative estimate of drug-likeness (QED) is 0.577. The highest BCUT2D eigenvalue weighted by Crippen LogP contribution is 2.26. The lowest BCUT2D eigenvalue weighted by atomic mass is 10.0. The predicted octanol–water partition coefficient (Wildman–Crippen LogP) is 3.44. The largest absolute Gasteiger partial charge is 0.354 e. The molecule has 1 aliphatic heterocycles. The van der Waals surface area contributed by atoms with E-state index in [4.69, 9.17) is 0 Å². The Morgan fingerprint density at radius 3 is 2.96 bits per heavy atom. The molecule has 1 atom stereocenters. The number of nitrogens with one attached hydrogen (secondary N) is 3. The number of anilines is 2. The van der Waals surface area contributed by atoms with Crippen LogP contribution < -0.4 is 16.0 Å². The molecule has 0 spiro atoms. The Hall–Kier alpha value is -3.25. The van der Waals surface area contributed by atoms with Gasteiger partial charge < -0.3 is 16.0 Å². The molecule has 3 aromatic rings. The number of carbonyl (C=O) groups is 1. The van der Waals surface area contributed by atoms with Crippen molar-refractivity contribution in [3.63, 3.8) is 0 Å². The Balaban J connectivity index is 1.56. The first-order valence-electron chi connectivity index (χ1n) is 9.46. The summed E-state index contributed by atoms with van der Waals surface area (Å²) in [6.45, 7) is 6.49. The van der Waals surface area contributed by atoms with Crippen LogP contribution >= 0.6 is 0 Å². The fourth-order valence-electron chi connectivity index (χ4n) is 3.38. The Bertz CT molecular complexity index is 1010. The van der Waals surface area contributed by atoms with Gasteiger partial charge in [-0.2, -0.15) is 0 Å². The van der Waals surface area contributed by atoms with Gasteiger partial charge in [0.2, 0.25) is 11.9 Å². The minimum atomic E-state index is -0.225. The van der Waals surface area contributed by atoms with Crippen LogP contribution in [-0.4, -0.2) is 35.5 Å². The number of fused-ring (bicyclic) bond motifs is 1. The molecule has 1 amide bonds. The van der Waals surface area contributed by atoms with E-state index in [1.807, 2.05) is 48.7 Å².